The summed E-state index contributed by atoms with van der Waals surface area (Å²) in [7, 11) is 0. The van der Waals surface area contributed by atoms with Crippen molar-refractivity contribution in [2.45, 2.75) is 12.8 Å². The van der Waals surface area contributed by atoms with Crippen LogP contribution >= 0.6 is 0 Å². The quantitative estimate of drug-likeness (QED) is 0.734. The number of rotatable bonds is 3. The number of H-pyrrole nitrogens is 1. The van der Waals surface area contributed by atoms with Gasteiger partial charge in [0.05, 0.1) is 0 Å². The van der Waals surface area contributed by atoms with Gasteiger partial charge in [0, 0.05) is 30.7 Å². The number of hydrogen-bond donors (Lipinski definition) is 2. The first-order valence-corrected chi connectivity index (χ1v) is 9.25. The first kappa shape index (κ1) is 17.9. The highest BCUT2D eigenvalue weighted by Crippen LogP contribution is 2.21. The fraction of sp³-hybridized carbons (Fsp3) is 0.238. The molecule has 3 aromatic rings. The molecule has 0 bridgehead atoms. The highest BCUT2D eigenvalue weighted by Gasteiger charge is 2.29. The Morgan fingerprint density at radius 1 is 1.07 bits per heavy atom. The SMILES string of the molecule is O=C(Nc1ccccn1)C1CCN(C(=O)c2cc3ccccc3[nH]c2=O)CC1. The minimum atomic E-state index is -0.390. The van der Waals surface area contributed by atoms with Gasteiger partial charge in [-0.25, -0.2) is 4.98 Å². The van der Waals surface area contributed by atoms with Gasteiger partial charge < -0.3 is 15.2 Å². The lowest BCUT2D eigenvalue weighted by molar-refractivity contribution is -0.121. The summed E-state index contributed by atoms with van der Waals surface area (Å²) < 4.78 is 0. The zero-order chi connectivity index (χ0) is 19.5. The predicted octanol–water partition coefficient (Wildman–Crippen LogP) is 2.41. The van der Waals surface area contributed by atoms with Crippen LogP contribution in [0.4, 0.5) is 5.82 Å². The smallest absolute Gasteiger partial charge is 0.261 e. The molecule has 7 heteroatoms. The Morgan fingerprint density at radius 3 is 2.57 bits per heavy atom. The third-order valence-corrected chi connectivity index (χ3v) is 5.05. The maximum Gasteiger partial charge on any atom is 0.261 e. The van der Waals surface area contributed by atoms with E-state index in [2.05, 4.69) is 15.3 Å². The molecule has 0 aliphatic carbocycles. The number of amides is 2. The molecule has 2 aromatic heterocycles. The number of pyridine rings is 2. The summed E-state index contributed by atoms with van der Waals surface area (Å²) in [5, 5.41) is 3.62. The minimum Gasteiger partial charge on any atom is -0.338 e. The summed E-state index contributed by atoms with van der Waals surface area (Å²) in [6.45, 7) is 0.872. The normalized spacial score (nSPS) is 14.8. The molecule has 3 heterocycles. The van der Waals surface area contributed by atoms with Gasteiger partial charge in [-0.3, -0.25) is 14.4 Å². The van der Waals surface area contributed by atoms with Gasteiger partial charge in [-0.2, -0.15) is 0 Å². The Kier molecular flexibility index (Phi) is 4.89. The summed E-state index contributed by atoms with van der Waals surface area (Å²) in [5.74, 6) is -0.0420. The summed E-state index contributed by atoms with van der Waals surface area (Å²) in [4.78, 5) is 46.0. The van der Waals surface area contributed by atoms with Crippen LogP contribution in [0.1, 0.15) is 23.2 Å². The molecule has 1 aliphatic heterocycles. The maximum absolute atomic E-state index is 12.8. The summed E-state index contributed by atoms with van der Waals surface area (Å²) in [6, 6.07) is 14.3. The third kappa shape index (κ3) is 3.64. The Bertz CT molecular complexity index is 1070. The van der Waals surface area contributed by atoms with Crippen LogP contribution in [0.2, 0.25) is 0 Å². The standard InChI is InChI=1S/C21H20N4O3/c26-19(24-18-7-3-4-10-22-18)14-8-11-25(12-9-14)21(28)16-13-15-5-1-2-6-17(15)23-20(16)27/h1-7,10,13-14H,8-9,11-12H2,(H,23,27)(H,22,24,26). The summed E-state index contributed by atoms with van der Waals surface area (Å²) in [6.07, 6.45) is 2.73. The predicted molar refractivity (Wildman–Crippen MR) is 106 cm³/mol. The van der Waals surface area contributed by atoms with E-state index < -0.39 is 5.56 Å². The van der Waals surface area contributed by atoms with Crippen molar-refractivity contribution in [1.82, 2.24) is 14.9 Å². The van der Waals surface area contributed by atoms with E-state index in [1.165, 1.54) is 0 Å². The fourth-order valence-electron chi connectivity index (χ4n) is 3.49. The molecule has 0 saturated carbocycles. The number of anilines is 1. The van der Waals surface area contributed by atoms with E-state index in [-0.39, 0.29) is 23.3 Å². The Balaban J connectivity index is 1.42. The highest BCUT2D eigenvalue weighted by atomic mass is 16.2. The van der Waals surface area contributed by atoms with Crippen LogP contribution in [0.5, 0.6) is 0 Å². The molecule has 4 rings (SSSR count). The monoisotopic (exact) mass is 376 g/mol. The van der Waals surface area contributed by atoms with E-state index in [0.717, 1.165) is 5.39 Å². The molecule has 28 heavy (non-hydrogen) atoms. The number of nitrogens with zero attached hydrogens (tertiary/aromatic N) is 2. The van der Waals surface area contributed by atoms with Gasteiger partial charge in [0.1, 0.15) is 11.4 Å². The molecule has 2 amide bonds. The van der Waals surface area contributed by atoms with Crippen molar-refractivity contribution in [3.63, 3.8) is 0 Å². The second-order valence-corrected chi connectivity index (χ2v) is 6.87. The van der Waals surface area contributed by atoms with E-state index in [1.54, 1.807) is 35.4 Å². The molecular formula is C21H20N4O3. The average molecular weight is 376 g/mol. The molecule has 2 N–H and O–H groups in total. The molecule has 1 saturated heterocycles. The fourth-order valence-corrected chi connectivity index (χ4v) is 3.49. The van der Waals surface area contributed by atoms with Gasteiger partial charge in [-0.05, 0) is 42.5 Å². The molecule has 1 aromatic carbocycles. The van der Waals surface area contributed by atoms with Gasteiger partial charge in [-0.15, -0.1) is 0 Å². The largest absolute Gasteiger partial charge is 0.338 e. The van der Waals surface area contributed by atoms with E-state index in [9.17, 15) is 14.4 Å². The van der Waals surface area contributed by atoms with E-state index in [0.29, 0.717) is 37.3 Å². The summed E-state index contributed by atoms with van der Waals surface area (Å²) >= 11 is 0. The first-order valence-electron chi connectivity index (χ1n) is 9.25. The Hall–Kier alpha value is -3.48. The topological polar surface area (TPSA) is 95.2 Å². The zero-order valence-corrected chi connectivity index (χ0v) is 15.2. The van der Waals surface area contributed by atoms with Crippen LogP contribution in [0, 0.1) is 5.92 Å². The molecule has 0 atom stereocenters. The number of piperidine rings is 1. The van der Waals surface area contributed by atoms with Crippen molar-refractivity contribution >= 4 is 28.5 Å². The lowest BCUT2D eigenvalue weighted by atomic mass is 9.95. The minimum absolute atomic E-state index is 0.0886. The van der Waals surface area contributed by atoms with Crippen molar-refractivity contribution in [3.8, 4) is 0 Å². The number of aromatic amines is 1. The number of nitrogens with one attached hydrogen (secondary N) is 2. The van der Waals surface area contributed by atoms with E-state index in [1.807, 2.05) is 24.3 Å². The maximum atomic E-state index is 12.8. The zero-order valence-electron chi connectivity index (χ0n) is 15.2. The van der Waals surface area contributed by atoms with Gasteiger partial charge in [0.25, 0.3) is 11.5 Å². The second kappa shape index (κ2) is 7.64. The van der Waals surface area contributed by atoms with Crippen LogP contribution in [0.15, 0.2) is 59.5 Å². The number of likely N-dealkylation sites (tertiary alicyclic amines) is 1. The van der Waals surface area contributed by atoms with Crippen molar-refractivity contribution in [2.24, 2.45) is 5.92 Å². The van der Waals surface area contributed by atoms with Crippen molar-refractivity contribution in [3.05, 3.63) is 70.6 Å². The van der Waals surface area contributed by atoms with Crippen LogP contribution in [0.3, 0.4) is 0 Å². The van der Waals surface area contributed by atoms with Crippen molar-refractivity contribution in [2.75, 3.05) is 18.4 Å². The highest BCUT2D eigenvalue weighted by molar-refractivity contribution is 5.97. The van der Waals surface area contributed by atoms with E-state index in [4.69, 9.17) is 0 Å². The van der Waals surface area contributed by atoms with Gasteiger partial charge in [-0.1, -0.05) is 24.3 Å². The van der Waals surface area contributed by atoms with E-state index >= 15 is 0 Å². The van der Waals surface area contributed by atoms with Crippen LogP contribution in [-0.4, -0.2) is 39.8 Å². The van der Waals surface area contributed by atoms with Gasteiger partial charge >= 0.3 is 0 Å². The van der Waals surface area contributed by atoms with Gasteiger partial charge in [0.2, 0.25) is 5.91 Å². The molecule has 7 nitrogen and oxygen atoms in total. The van der Waals surface area contributed by atoms with Crippen molar-refractivity contribution in [1.29, 1.82) is 0 Å². The van der Waals surface area contributed by atoms with Crippen LogP contribution < -0.4 is 10.9 Å². The number of aromatic nitrogens is 2. The molecule has 0 radical (unpaired) electrons. The Labute approximate surface area is 161 Å². The second-order valence-electron chi connectivity index (χ2n) is 6.87. The summed E-state index contributed by atoms with van der Waals surface area (Å²) in [5.41, 5.74) is 0.447. The lowest BCUT2D eigenvalue weighted by Gasteiger charge is -2.31. The first-order chi connectivity index (χ1) is 13.6. The third-order valence-electron chi connectivity index (χ3n) is 5.05. The number of benzene rings is 1. The van der Waals surface area contributed by atoms with Crippen LogP contribution in [0.25, 0.3) is 10.9 Å². The number of carbonyl (C=O) groups is 2. The molecular weight excluding hydrogens is 356 g/mol. The average Bonchev–Trinajstić information content (AvgIpc) is 2.73. The van der Waals surface area contributed by atoms with Gasteiger partial charge in [0.15, 0.2) is 0 Å². The molecule has 0 spiro atoms. The lowest BCUT2D eigenvalue weighted by Crippen LogP contribution is -2.43. The molecule has 1 aliphatic rings. The molecule has 142 valence electrons. The molecule has 1 fully saturated rings. The number of fused-ring (bicyclic) bond motifs is 1. The molecule has 0 unspecified atom stereocenters. The Morgan fingerprint density at radius 2 is 1.82 bits per heavy atom. The van der Waals surface area contributed by atoms with Crippen LogP contribution in [-0.2, 0) is 4.79 Å². The van der Waals surface area contributed by atoms with Crippen molar-refractivity contribution < 1.29 is 9.59 Å². The number of para-hydroxylation sites is 1. The number of carbonyl (C=O) groups excluding carboxylic acids is 2. The number of hydrogen-bond acceptors (Lipinski definition) is 4.